The molecule has 0 saturated carbocycles. The molecule has 6 nitrogen and oxygen atoms in total. The summed E-state index contributed by atoms with van der Waals surface area (Å²) in [5.41, 5.74) is 8.04. The second-order valence-electron chi connectivity index (χ2n) is 6.89. The van der Waals surface area contributed by atoms with Crippen molar-refractivity contribution in [3.63, 3.8) is 0 Å². The summed E-state index contributed by atoms with van der Waals surface area (Å²) in [6, 6.07) is 4.66. The lowest BCUT2D eigenvalue weighted by atomic mass is 9.99. The smallest absolute Gasteiger partial charge is 0.243 e. The molecule has 140 valence electrons. The van der Waals surface area contributed by atoms with Gasteiger partial charge in [-0.3, -0.25) is 4.79 Å². The van der Waals surface area contributed by atoms with Gasteiger partial charge in [0, 0.05) is 26.2 Å². The number of benzene rings is 1. The highest BCUT2D eigenvalue weighted by molar-refractivity contribution is 7.89. The first kappa shape index (κ1) is 19.9. The molecule has 25 heavy (non-hydrogen) atoms. The molecule has 1 aromatic carbocycles. The lowest BCUT2D eigenvalue weighted by Gasteiger charge is -2.36. The average Bonchev–Trinajstić information content (AvgIpc) is 2.62. The van der Waals surface area contributed by atoms with Crippen LogP contribution in [0.3, 0.4) is 0 Å². The quantitative estimate of drug-likeness (QED) is 0.855. The van der Waals surface area contributed by atoms with E-state index in [-0.39, 0.29) is 11.8 Å². The Bertz CT molecular complexity index is 725. The number of hydrogen-bond donors (Lipinski definition) is 1. The van der Waals surface area contributed by atoms with E-state index in [4.69, 9.17) is 5.73 Å². The normalized spacial score (nSPS) is 18.8. The second-order valence-corrected chi connectivity index (χ2v) is 8.82. The lowest BCUT2D eigenvalue weighted by Crippen LogP contribution is -2.55. The zero-order chi connectivity index (χ0) is 18.8. The van der Waals surface area contributed by atoms with Gasteiger partial charge in [0.15, 0.2) is 0 Å². The average molecular weight is 368 g/mol. The van der Waals surface area contributed by atoms with Crippen LogP contribution in [0.1, 0.15) is 31.4 Å². The third kappa shape index (κ3) is 4.22. The molecule has 1 amide bonds. The van der Waals surface area contributed by atoms with E-state index in [0.29, 0.717) is 31.1 Å². The van der Waals surface area contributed by atoms with Crippen LogP contribution in [0.5, 0.6) is 0 Å². The molecule has 1 saturated heterocycles. The minimum atomic E-state index is -3.53. The summed E-state index contributed by atoms with van der Waals surface area (Å²) in [6.07, 6.45) is 0.841. The number of carbonyl (C=O) groups is 1. The van der Waals surface area contributed by atoms with E-state index >= 15 is 0 Å². The predicted molar refractivity (Wildman–Crippen MR) is 98.7 cm³/mol. The molecule has 1 aliphatic heterocycles. The molecule has 2 rings (SSSR count). The van der Waals surface area contributed by atoms with Gasteiger partial charge in [-0.2, -0.15) is 4.31 Å². The van der Waals surface area contributed by atoms with Crippen molar-refractivity contribution in [2.75, 3.05) is 26.2 Å². The van der Waals surface area contributed by atoms with Gasteiger partial charge in [-0.15, -0.1) is 0 Å². The summed E-state index contributed by atoms with van der Waals surface area (Å²) in [6.45, 7) is 9.19. The van der Waals surface area contributed by atoms with Gasteiger partial charge in [-0.05, 0) is 43.0 Å². The van der Waals surface area contributed by atoms with Gasteiger partial charge in [0.25, 0.3) is 0 Å². The van der Waals surface area contributed by atoms with E-state index in [2.05, 4.69) is 0 Å². The highest BCUT2D eigenvalue weighted by atomic mass is 32.2. The summed E-state index contributed by atoms with van der Waals surface area (Å²) in [4.78, 5) is 14.4. The van der Waals surface area contributed by atoms with Gasteiger partial charge in [-0.1, -0.05) is 26.3 Å². The summed E-state index contributed by atoms with van der Waals surface area (Å²) in [7, 11) is -3.53. The number of rotatable bonds is 5. The van der Waals surface area contributed by atoms with E-state index in [9.17, 15) is 13.2 Å². The molecule has 1 fully saturated rings. The van der Waals surface area contributed by atoms with E-state index in [1.807, 2.05) is 33.8 Å². The highest BCUT2D eigenvalue weighted by Gasteiger charge is 2.32. The van der Waals surface area contributed by atoms with Crippen molar-refractivity contribution >= 4 is 15.9 Å². The van der Waals surface area contributed by atoms with Crippen molar-refractivity contribution in [3.05, 3.63) is 29.3 Å². The summed E-state index contributed by atoms with van der Waals surface area (Å²) < 4.78 is 27.1. The Morgan fingerprint density at radius 2 is 1.76 bits per heavy atom. The molecule has 2 unspecified atom stereocenters. The third-order valence-corrected chi connectivity index (χ3v) is 7.10. The fraction of sp³-hybridized carbons (Fsp3) is 0.611. The molecular formula is C18H29N3O3S. The Morgan fingerprint density at radius 3 is 2.28 bits per heavy atom. The van der Waals surface area contributed by atoms with Gasteiger partial charge >= 0.3 is 0 Å². The van der Waals surface area contributed by atoms with Crippen LogP contribution in [0, 0.1) is 19.8 Å². The minimum Gasteiger partial charge on any atom is -0.339 e. The van der Waals surface area contributed by atoms with E-state index in [0.717, 1.165) is 17.5 Å². The van der Waals surface area contributed by atoms with E-state index < -0.39 is 16.1 Å². The number of carbonyl (C=O) groups excluding carboxylic acids is 1. The number of hydrogen-bond acceptors (Lipinski definition) is 4. The Kier molecular flexibility index (Phi) is 6.24. The maximum absolute atomic E-state index is 12.8. The Balaban J connectivity index is 2.06. The van der Waals surface area contributed by atoms with Crippen LogP contribution < -0.4 is 5.73 Å². The summed E-state index contributed by atoms with van der Waals surface area (Å²) >= 11 is 0. The van der Waals surface area contributed by atoms with Crippen LogP contribution in [-0.4, -0.2) is 55.8 Å². The second kappa shape index (κ2) is 7.85. The van der Waals surface area contributed by atoms with Crippen LogP contribution in [0.2, 0.25) is 0 Å². The Labute approximate surface area is 151 Å². The molecule has 2 atom stereocenters. The maximum Gasteiger partial charge on any atom is 0.243 e. The molecule has 0 aliphatic carbocycles. The number of nitrogens with two attached hydrogens (primary N) is 1. The van der Waals surface area contributed by atoms with Crippen molar-refractivity contribution in [3.8, 4) is 0 Å². The zero-order valence-electron chi connectivity index (χ0n) is 15.5. The molecule has 1 heterocycles. The monoisotopic (exact) mass is 367 g/mol. The van der Waals surface area contributed by atoms with Crippen LogP contribution >= 0.6 is 0 Å². The number of amides is 1. The van der Waals surface area contributed by atoms with Crippen molar-refractivity contribution in [2.24, 2.45) is 11.7 Å². The topological polar surface area (TPSA) is 83.7 Å². The fourth-order valence-corrected chi connectivity index (χ4v) is 4.39. The van der Waals surface area contributed by atoms with Gasteiger partial charge in [0.1, 0.15) is 0 Å². The molecule has 7 heteroatoms. The van der Waals surface area contributed by atoms with E-state index in [1.54, 1.807) is 17.0 Å². The SMILES string of the molecule is CCC(C)C(N)C(=O)N1CCN(S(=O)(=O)c2ccc(C)c(C)c2)CC1. The molecule has 0 bridgehead atoms. The molecule has 0 spiro atoms. The zero-order valence-corrected chi connectivity index (χ0v) is 16.3. The predicted octanol–water partition coefficient (Wildman–Crippen LogP) is 1.51. The Hall–Kier alpha value is -1.44. The highest BCUT2D eigenvalue weighted by Crippen LogP contribution is 2.21. The molecule has 2 N–H and O–H groups in total. The van der Waals surface area contributed by atoms with Crippen LogP contribution in [0.4, 0.5) is 0 Å². The molecule has 0 aromatic heterocycles. The first-order chi connectivity index (χ1) is 11.7. The standard InChI is InChI=1S/C18H29N3O3S/c1-5-13(2)17(19)18(22)20-8-10-21(11-9-20)25(23,24)16-7-6-14(3)15(4)12-16/h6-7,12-13,17H,5,8-11,19H2,1-4H3. The number of aryl methyl sites for hydroxylation is 2. The van der Waals surface area contributed by atoms with Gasteiger partial charge in [0.05, 0.1) is 10.9 Å². The first-order valence-electron chi connectivity index (χ1n) is 8.80. The summed E-state index contributed by atoms with van der Waals surface area (Å²) in [5, 5.41) is 0. The molecule has 0 radical (unpaired) electrons. The van der Waals surface area contributed by atoms with Crippen molar-refractivity contribution in [1.29, 1.82) is 0 Å². The van der Waals surface area contributed by atoms with Gasteiger partial charge in [0.2, 0.25) is 15.9 Å². The lowest BCUT2D eigenvalue weighted by molar-refractivity contribution is -0.134. The van der Waals surface area contributed by atoms with Crippen molar-refractivity contribution in [2.45, 2.75) is 45.1 Å². The van der Waals surface area contributed by atoms with Gasteiger partial charge in [-0.25, -0.2) is 8.42 Å². The van der Waals surface area contributed by atoms with Crippen LogP contribution in [0.25, 0.3) is 0 Å². The molecule has 1 aliphatic rings. The Morgan fingerprint density at radius 1 is 1.16 bits per heavy atom. The molecule has 1 aromatic rings. The van der Waals surface area contributed by atoms with Crippen molar-refractivity contribution in [1.82, 2.24) is 9.21 Å². The first-order valence-corrected chi connectivity index (χ1v) is 10.2. The molecular weight excluding hydrogens is 338 g/mol. The van der Waals surface area contributed by atoms with E-state index in [1.165, 1.54) is 4.31 Å². The summed E-state index contributed by atoms with van der Waals surface area (Å²) in [5.74, 6) is 0.0300. The van der Waals surface area contributed by atoms with Gasteiger partial charge < -0.3 is 10.6 Å². The fourth-order valence-electron chi connectivity index (χ4n) is 2.88. The third-order valence-electron chi connectivity index (χ3n) is 5.21. The minimum absolute atomic E-state index is 0.0856. The number of piperazine rings is 1. The van der Waals surface area contributed by atoms with Crippen molar-refractivity contribution < 1.29 is 13.2 Å². The van der Waals surface area contributed by atoms with Crippen LogP contribution in [0.15, 0.2) is 23.1 Å². The maximum atomic E-state index is 12.8. The largest absolute Gasteiger partial charge is 0.339 e. The number of sulfonamides is 1. The number of nitrogens with zero attached hydrogens (tertiary/aromatic N) is 2. The van der Waals surface area contributed by atoms with Crippen LogP contribution in [-0.2, 0) is 14.8 Å².